The van der Waals surface area contributed by atoms with Crippen molar-refractivity contribution in [2.45, 2.75) is 0 Å². The Labute approximate surface area is 345 Å². The summed E-state index contributed by atoms with van der Waals surface area (Å²) in [5.74, 6) is 1.28. The molecule has 0 N–H and O–H groups in total. The van der Waals surface area contributed by atoms with E-state index in [1.54, 1.807) is 0 Å². The molecule has 0 unspecified atom stereocenters. The van der Waals surface area contributed by atoms with Crippen molar-refractivity contribution in [3.8, 4) is 68.8 Å². The first-order chi connectivity index (χ1) is 29.7. The second kappa shape index (κ2) is 14.1. The lowest BCUT2D eigenvalue weighted by Gasteiger charge is -2.19. The van der Waals surface area contributed by atoms with Crippen LogP contribution in [0.25, 0.3) is 100 Å². The van der Waals surface area contributed by atoms with Crippen LogP contribution in [0.15, 0.2) is 188 Å². The molecule has 0 bridgehead atoms. The highest BCUT2D eigenvalue weighted by Crippen LogP contribution is 2.42. The van der Waals surface area contributed by atoms with E-state index in [-0.39, 0.29) is 0 Å². The third-order valence-corrected chi connectivity index (χ3v) is 11.3. The predicted octanol–water partition coefficient (Wildman–Crippen LogP) is 12.5. The van der Waals surface area contributed by atoms with Gasteiger partial charge in [-0.05, 0) is 65.7 Å². The van der Waals surface area contributed by atoms with E-state index in [2.05, 4.69) is 124 Å². The van der Waals surface area contributed by atoms with Crippen molar-refractivity contribution < 1.29 is 0 Å². The molecule has 0 saturated heterocycles. The minimum absolute atomic E-state index is 0.371. The van der Waals surface area contributed by atoms with Gasteiger partial charge in [0.15, 0.2) is 17.5 Å². The van der Waals surface area contributed by atoms with Gasteiger partial charge in [-0.1, -0.05) is 133 Å². The van der Waals surface area contributed by atoms with Crippen molar-refractivity contribution in [1.29, 1.82) is 10.5 Å². The second-order valence-corrected chi connectivity index (χ2v) is 14.6. The minimum atomic E-state index is 0.371. The fraction of sp³-hybridized carbons (Fsp3) is 0. The molecule has 278 valence electrons. The summed E-state index contributed by atoms with van der Waals surface area (Å²) in [6.07, 6.45) is 0. The fourth-order valence-corrected chi connectivity index (χ4v) is 8.66. The number of aromatic nitrogens is 5. The van der Waals surface area contributed by atoms with E-state index in [4.69, 9.17) is 15.0 Å². The molecule has 7 heteroatoms. The molecule has 0 aliphatic heterocycles. The SMILES string of the molecule is N#Cc1ccc(-c2cccc(-n3c4ccccc4c4ccccc43)c2-c2nc(-c3ccccc3)nc(-c3c(C#N)cccc3-n3c4ccccc4c4ccccc43)n2)cc1. The number of hydrogen-bond donors (Lipinski definition) is 0. The van der Waals surface area contributed by atoms with Crippen molar-refractivity contribution in [2.75, 3.05) is 0 Å². The van der Waals surface area contributed by atoms with Crippen LogP contribution in [0.5, 0.6) is 0 Å². The van der Waals surface area contributed by atoms with Crippen LogP contribution < -0.4 is 0 Å². The van der Waals surface area contributed by atoms with Crippen LogP contribution in [0.4, 0.5) is 0 Å². The summed E-state index contributed by atoms with van der Waals surface area (Å²) in [7, 11) is 0. The zero-order valence-corrected chi connectivity index (χ0v) is 32.0. The lowest BCUT2D eigenvalue weighted by atomic mass is 9.96. The molecular weight excluding hydrogens is 735 g/mol. The van der Waals surface area contributed by atoms with Crippen LogP contribution in [-0.4, -0.2) is 24.1 Å². The van der Waals surface area contributed by atoms with E-state index in [0.29, 0.717) is 34.2 Å². The monoisotopic (exact) mass is 765 g/mol. The van der Waals surface area contributed by atoms with Crippen LogP contribution in [0, 0.1) is 22.7 Å². The summed E-state index contributed by atoms with van der Waals surface area (Å²) in [5, 5.41) is 25.0. The first-order valence-electron chi connectivity index (χ1n) is 19.7. The topological polar surface area (TPSA) is 96.1 Å². The molecule has 0 fully saturated rings. The summed E-state index contributed by atoms with van der Waals surface area (Å²) in [5.41, 5.74) is 10.7. The summed E-state index contributed by atoms with van der Waals surface area (Å²) in [4.78, 5) is 16.0. The van der Waals surface area contributed by atoms with Gasteiger partial charge in [0.1, 0.15) is 0 Å². The van der Waals surface area contributed by atoms with E-state index in [1.807, 2.05) is 84.9 Å². The van der Waals surface area contributed by atoms with Crippen molar-refractivity contribution in [3.63, 3.8) is 0 Å². The Balaban J connectivity index is 1.27. The molecule has 11 rings (SSSR count). The quantitative estimate of drug-likeness (QED) is 0.168. The Morgan fingerprint density at radius 2 is 0.800 bits per heavy atom. The first kappa shape index (κ1) is 34.6. The van der Waals surface area contributed by atoms with Crippen molar-refractivity contribution in [1.82, 2.24) is 24.1 Å². The number of nitriles is 2. The molecule has 0 amide bonds. The van der Waals surface area contributed by atoms with Gasteiger partial charge in [0.25, 0.3) is 0 Å². The van der Waals surface area contributed by atoms with E-state index in [0.717, 1.165) is 77.2 Å². The highest BCUT2D eigenvalue weighted by atomic mass is 15.1. The Kier molecular flexibility index (Phi) is 8.11. The van der Waals surface area contributed by atoms with Crippen molar-refractivity contribution >= 4 is 43.6 Å². The standard InChI is InChI=1S/C53H31N7/c54-32-34-28-30-35(31-29-34)38-21-13-27-48(60-45-24-10-6-19-41(45)42-20-7-11-25-46(42)60)50(38)53-57-51(36-14-2-1-3-15-36)56-52(58-53)49-37(33-55)16-12-26-47(49)59-43-22-8-4-17-39(43)40-18-5-9-23-44(40)59/h1-31H. The summed E-state index contributed by atoms with van der Waals surface area (Å²) in [6.45, 7) is 0. The normalized spacial score (nSPS) is 11.3. The number of nitrogens with zero attached hydrogens (tertiary/aromatic N) is 7. The van der Waals surface area contributed by atoms with Crippen LogP contribution in [0.2, 0.25) is 0 Å². The number of para-hydroxylation sites is 4. The Hall–Kier alpha value is -8.65. The third kappa shape index (κ3) is 5.46. The molecule has 0 atom stereocenters. The van der Waals surface area contributed by atoms with Gasteiger partial charge in [-0.25, -0.2) is 15.0 Å². The molecule has 3 heterocycles. The molecule has 0 radical (unpaired) electrons. The summed E-state index contributed by atoms with van der Waals surface area (Å²) < 4.78 is 4.49. The molecule has 0 aliphatic rings. The zero-order chi connectivity index (χ0) is 40.2. The maximum absolute atomic E-state index is 10.9. The fourth-order valence-electron chi connectivity index (χ4n) is 8.66. The molecule has 0 aliphatic carbocycles. The molecular formula is C53H31N7. The molecule has 0 saturated carbocycles. The molecule has 11 aromatic rings. The van der Waals surface area contributed by atoms with E-state index < -0.39 is 0 Å². The first-order valence-corrected chi connectivity index (χ1v) is 19.7. The number of hydrogen-bond acceptors (Lipinski definition) is 5. The van der Waals surface area contributed by atoms with Gasteiger partial charge in [-0.2, -0.15) is 10.5 Å². The average Bonchev–Trinajstić information content (AvgIpc) is 3.84. The van der Waals surface area contributed by atoms with Gasteiger partial charge >= 0.3 is 0 Å². The van der Waals surface area contributed by atoms with E-state index >= 15 is 0 Å². The Morgan fingerprint density at radius 1 is 0.350 bits per heavy atom. The van der Waals surface area contributed by atoms with Crippen LogP contribution in [0.1, 0.15) is 11.1 Å². The number of benzene rings is 8. The number of fused-ring (bicyclic) bond motifs is 6. The van der Waals surface area contributed by atoms with Gasteiger partial charge in [0.2, 0.25) is 0 Å². The average molecular weight is 766 g/mol. The van der Waals surface area contributed by atoms with Gasteiger partial charge in [-0.15, -0.1) is 0 Å². The van der Waals surface area contributed by atoms with Crippen LogP contribution in [-0.2, 0) is 0 Å². The molecule has 60 heavy (non-hydrogen) atoms. The molecule has 3 aromatic heterocycles. The summed E-state index contributed by atoms with van der Waals surface area (Å²) >= 11 is 0. The second-order valence-electron chi connectivity index (χ2n) is 14.6. The Bertz CT molecular complexity index is 3460. The van der Waals surface area contributed by atoms with E-state index in [1.165, 1.54) is 0 Å². The van der Waals surface area contributed by atoms with Crippen molar-refractivity contribution in [2.24, 2.45) is 0 Å². The minimum Gasteiger partial charge on any atom is -0.308 e. The number of rotatable bonds is 6. The van der Waals surface area contributed by atoms with E-state index in [9.17, 15) is 10.5 Å². The molecule has 8 aromatic carbocycles. The van der Waals surface area contributed by atoms with Gasteiger partial charge in [-0.3, -0.25) is 0 Å². The van der Waals surface area contributed by atoms with Gasteiger partial charge in [0, 0.05) is 27.1 Å². The summed E-state index contributed by atoms with van der Waals surface area (Å²) in [6, 6.07) is 67.8. The van der Waals surface area contributed by atoms with Crippen LogP contribution in [0.3, 0.4) is 0 Å². The molecule has 0 spiro atoms. The highest BCUT2D eigenvalue weighted by Gasteiger charge is 2.25. The predicted molar refractivity (Wildman–Crippen MR) is 240 cm³/mol. The van der Waals surface area contributed by atoms with Gasteiger partial charge in [0.05, 0.1) is 67.8 Å². The van der Waals surface area contributed by atoms with Crippen LogP contribution >= 0.6 is 0 Å². The molecule has 7 nitrogen and oxygen atoms in total. The van der Waals surface area contributed by atoms with Gasteiger partial charge < -0.3 is 9.13 Å². The maximum Gasteiger partial charge on any atom is 0.167 e. The smallest absolute Gasteiger partial charge is 0.167 e. The highest BCUT2D eigenvalue weighted by molar-refractivity contribution is 6.11. The lowest BCUT2D eigenvalue weighted by molar-refractivity contribution is 1.06. The lowest BCUT2D eigenvalue weighted by Crippen LogP contribution is -2.07. The Morgan fingerprint density at radius 3 is 1.32 bits per heavy atom. The third-order valence-electron chi connectivity index (χ3n) is 11.3. The zero-order valence-electron chi connectivity index (χ0n) is 32.0. The maximum atomic E-state index is 10.9. The largest absolute Gasteiger partial charge is 0.308 e. The van der Waals surface area contributed by atoms with Crippen molar-refractivity contribution in [3.05, 3.63) is 199 Å².